The van der Waals surface area contributed by atoms with Crippen LogP contribution in [-0.2, 0) is 16.0 Å². The summed E-state index contributed by atoms with van der Waals surface area (Å²) in [5.74, 6) is -1.66. The Bertz CT molecular complexity index is 725. The molecule has 2 rings (SSSR count). The number of rotatable bonds is 7. The van der Waals surface area contributed by atoms with Crippen LogP contribution in [0.15, 0.2) is 10.9 Å². The second-order valence-electron chi connectivity index (χ2n) is 7.49. The van der Waals surface area contributed by atoms with Crippen LogP contribution < -0.4 is 5.56 Å². The standard InChI is InChI=1S/C18H26F3N3O3/c1-11(2)7-15(17(26)27-4)24-16(25)12(3)8-14(22-24)5-6-23-9-13(10-23)18(19,20)21/h8,11,13,15H,5-7,9-10H2,1-4H3/t15-/m0/s1. The second kappa shape index (κ2) is 8.41. The summed E-state index contributed by atoms with van der Waals surface area (Å²) in [6.45, 7) is 5.89. The van der Waals surface area contributed by atoms with Gasteiger partial charge >= 0.3 is 12.1 Å². The highest BCUT2D eigenvalue weighted by Gasteiger charge is 2.46. The Balaban J connectivity index is 2.13. The van der Waals surface area contributed by atoms with Crippen molar-refractivity contribution in [2.45, 2.75) is 45.8 Å². The van der Waals surface area contributed by atoms with E-state index in [4.69, 9.17) is 4.74 Å². The molecule has 9 heteroatoms. The van der Waals surface area contributed by atoms with Gasteiger partial charge < -0.3 is 9.64 Å². The van der Waals surface area contributed by atoms with Gasteiger partial charge in [-0.05, 0) is 25.3 Å². The molecule has 1 saturated heterocycles. The van der Waals surface area contributed by atoms with Gasteiger partial charge in [0.15, 0.2) is 6.04 Å². The van der Waals surface area contributed by atoms with Gasteiger partial charge in [-0.1, -0.05) is 13.8 Å². The Morgan fingerprint density at radius 3 is 2.52 bits per heavy atom. The van der Waals surface area contributed by atoms with Crippen LogP contribution in [0.5, 0.6) is 0 Å². The number of carbonyl (C=O) groups is 1. The highest BCUT2D eigenvalue weighted by Crippen LogP contribution is 2.33. The van der Waals surface area contributed by atoms with E-state index in [1.807, 2.05) is 13.8 Å². The van der Waals surface area contributed by atoms with E-state index in [0.29, 0.717) is 30.6 Å². The first-order valence-electron chi connectivity index (χ1n) is 8.99. The number of aryl methyl sites for hydroxylation is 1. The predicted molar refractivity (Wildman–Crippen MR) is 93.4 cm³/mol. The van der Waals surface area contributed by atoms with Gasteiger partial charge in [0.05, 0.1) is 18.7 Å². The largest absolute Gasteiger partial charge is 0.467 e. The quantitative estimate of drug-likeness (QED) is 0.670. The van der Waals surface area contributed by atoms with Gasteiger partial charge in [-0.15, -0.1) is 0 Å². The zero-order valence-corrected chi connectivity index (χ0v) is 16.0. The van der Waals surface area contributed by atoms with Crippen molar-refractivity contribution < 1.29 is 22.7 Å². The second-order valence-corrected chi connectivity index (χ2v) is 7.49. The Labute approximate surface area is 156 Å². The first kappa shape index (κ1) is 21.4. The molecule has 1 atom stereocenters. The molecule has 1 aromatic rings. The van der Waals surface area contributed by atoms with Crippen LogP contribution in [0.25, 0.3) is 0 Å². The van der Waals surface area contributed by atoms with Crippen LogP contribution >= 0.6 is 0 Å². The van der Waals surface area contributed by atoms with Gasteiger partial charge in [-0.2, -0.15) is 18.3 Å². The minimum absolute atomic E-state index is 0.0136. The third-order valence-corrected chi connectivity index (χ3v) is 4.73. The van der Waals surface area contributed by atoms with E-state index in [1.54, 1.807) is 17.9 Å². The van der Waals surface area contributed by atoms with Crippen LogP contribution in [-0.4, -0.2) is 53.6 Å². The fraction of sp³-hybridized carbons (Fsp3) is 0.722. The molecule has 1 fully saturated rings. The number of halogens is 3. The molecule has 152 valence electrons. The molecular formula is C18H26F3N3O3. The van der Waals surface area contributed by atoms with Crippen molar-refractivity contribution >= 4 is 5.97 Å². The third kappa shape index (κ3) is 5.31. The van der Waals surface area contributed by atoms with E-state index in [9.17, 15) is 22.8 Å². The molecule has 1 aliphatic rings. The maximum Gasteiger partial charge on any atom is 0.394 e. The van der Waals surface area contributed by atoms with Gasteiger partial charge in [0.25, 0.3) is 5.56 Å². The van der Waals surface area contributed by atoms with Crippen molar-refractivity contribution in [2.75, 3.05) is 26.7 Å². The zero-order valence-electron chi connectivity index (χ0n) is 16.0. The minimum atomic E-state index is -4.15. The molecule has 0 unspecified atom stereocenters. The number of methoxy groups -OCH3 is 1. The number of esters is 1. The molecule has 0 bridgehead atoms. The number of likely N-dealkylation sites (tertiary alicyclic amines) is 1. The molecule has 2 heterocycles. The summed E-state index contributed by atoms with van der Waals surface area (Å²) in [7, 11) is 1.26. The summed E-state index contributed by atoms with van der Waals surface area (Å²) in [5, 5.41) is 4.31. The van der Waals surface area contributed by atoms with Crippen LogP contribution in [0.1, 0.15) is 37.6 Å². The first-order chi connectivity index (χ1) is 12.5. The maximum absolute atomic E-state index is 12.6. The molecule has 0 spiro atoms. The smallest absolute Gasteiger partial charge is 0.394 e. The molecule has 0 aliphatic carbocycles. The summed E-state index contributed by atoms with van der Waals surface area (Å²) in [5.41, 5.74) is 0.644. The summed E-state index contributed by atoms with van der Waals surface area (Å²) in [6, 6.07) is 0.809. The van der Waals surface area contributed by atoms with E-state index in [-0.39, 0.29) is 24.6 Å². The molecule has 0 aromatic carbocycles. The molecule has 1 aromatic heterocycles. The van der Waals surface area contributed by atoms with Crippen LogP contribution in [0, 0.1) is 18.8 Å². The zero-order chi connectivity index (χ0) is 20.4. The van der Waals surface area contributed by atoms with Crippen molar-refractivity contribution in [1.29, 1.82) is 0 Å². The van der Waals surface area contributed by atoms with Crippen LogP contribution in [0.4, 0.5) is 13.2 Å². The average Bonchev–Trinajstić information content (AvgIpc) is 2.52. The van der Waals surface area contributed by atoms with Crippen molar-refractivity contribution in [3.8, 4) is 0 Å². The van der Waals surface area contributed by atoms with Gasteiger partial charge in [0.2, 0.25) is 0 Å². The van der Waals surface area contributed by atoms with Gasteiger partial charge in [-0.25, -0.2) is 9.48 Å². The minimum Gasteiger partial charge on any atom is -0.467 e. The van der Waals surface area contributed by atoms with Gasteiger partial charge in [-0.3, -0.25) is 4.79 Å². The van der Waals surface area contributed by atoms with E-state index in [2.05, 4.69) is 5.10 Å². The number of aromatic nitrogens is 2. The summed E-state index contributed by atoms with van der Waals surface area (Å²) in [6.07, 6.45) is -3.34. The number of nitrogens with zero attached hydrogens (tertiary/aromatic N) is 3. The number of carbonyl (C=O) groups excluding carboxylic acids is 1. The van der Waals surface area contributed by atoms with E-state index < -0.39 is 24.1 Å². The predicted octanol–water partition coefficient (Wildman–Crippen LogP) is 2.35. The molecular weight excluding hydrogens is 363 g/mol. The van der Waals surface area contributed by atoms with Crippen LogP contribution in [0.2, 0.25) is 0 Å². The van der Waals surface area contributed by atoms with E-state index in [0.717, 1.165) is 4.68 Å². The normalized spacial score (nSPS) is 17.0. The summed E-state index contributed by atoms with van der Waals surface area (Å²) in [4.78, 5) is 26.3. The van der Waals surface area contributed by atoms with Gasteiger partial charge in [0.1, 0.15) is 0 Å². The Hall–Kier alpha value is -1.90. The van der Waals surface area contributed by atoms with E-state index >= 15 is 0 Å². The highest BCUT2D eigenvalue weighted by atomic mass is 19.4. The fourth-order valence-corrected chi connectivity index (χ4v) is 3.15. The molecule has 6 nitrogen and oxygen atoms in total. The number of alkyl halides is 3. The highest BCUT2D eigenvalue weighted by molar-refractivity contribution is 5.73. The lowest BCUT2D eigenvalue weighted by Crippen LogP contribution is -2.53. The van der Waals surface area contributed by atoms with Crippen molar-refractivity contribution in [3.05, 3.63) is 27.7 Å². The first-order valence-corrected chi connectivity index (χ1v) is 8.99. The summed E-state index contributed by atoms with van der Waals surface area (Å²) < 4.78 is 43.7. The Kier molecular flexibility index (Phi) is 6.67. The molecule has 27 heavy (non-hydrogen) atoms. The van der Waals surface area contributed by atoms with Crippen molar-refractivity contribution in [1.82, 2.24) is 14.7 Å². The summed E-state index contributed by atoms with van der Waals surface area (Å²) >= 11 is 0. The molecule has 0 N–H and O–H groups in total. The lowest BCUT2D eigenvalue weighted by molar-refractivity contribution is -0.208. The lowest BCUT2D eigenvalue weighted by atomic mass is 9.99. The Morgan fingerprint density at radius 1 is 1.37 bits per heavy atom. The molecule has 1 aliphatic heterocycles. The third-order valence-electron chi connectivity index (χ3n) is 4.73. The maximum atomic E-state index is 12.6. The lowest BCUT2D eigenvalue weighted by Gasteiger charge is -2.40. The Morgan fingerprint density at radius 2 is 2.00 bits per heavy atom. The monoisotopic (exact) mass is 389 g/mol. The average molecular weight is 389 g/mol. The van der Waals surface area contributed by atoms with Crippen molar-refractivity contribution in [2.24, 2.45) is 11.8 Å². The molecule has 0 radical (unpaired) electrons. The molecule has 0 saturated carbocycles. The number of hydrogen-bond acceptors (Lipinski definition) is 5. The number of ether oxygens (including phenoxy) is 1. The SMILES string of the molecule is COC(=O)[C@H](CC(C)C)n1nc(CCN2CC(C(F)(F)F)C2)cc(C)c1=O. The fourth-order valence-electron chi connectivity index (χ4n) is 3.15. The molecule has 0 amide bonds. The van der Waals surface area contributed by atoms with E-state index in [1.165, 1.54) is 7.11 Å². The van der Waals surface area contributed by atoms with Gasteiger partial charge in [0, 0.05) is 31.6 Å². The van der Waals surface area contributed by atoms with Crippen LogP contribution in [0.3, 0.4) is 0 Å². The topological polar surface area (TPSA) is 64.4 Å². The number of hydrogen-bond donors (Lipinski definition) is 0. The van der Waals surface area contributed by atoms with Crippen molar-refractivity contribution in [3.63, 3.8) is 0 Å².